The maximum atomic E-state index is 4.71. The summed E-state index contributed by atoms with van der Waals surface area (Å²) in [5.41, 5.74) is 4.27. The van der Waals surface area contributed by atoms with Gasteiger partial charge in [-0.15, -0.1) is 0 Å². The lowest BCUT2D eigenvalue weighted by atomic mass is 10.1. The minimum Gasteiger partial charge on any atom is -0.370 e. The Kier molecular flexibility index (Phi) is 3.56. The van der Waals surface area contributed by atoms with E-state index in [1.807, 2.05) is 25.2 Å². The van der Waals surface area contributed by atoms with Gasteiger partial charge < -0.3 is 9.88 Å². The zero-order chi connectivity index (χ0) is 14.8. The van der Waals surface area contributed by atoms with Crippen molar-refractivity contribution in [2.75, 3.05) is 11.9 Å². The van der Waals surface area contributed by atoms with Crippen molar-refractivity contribution in [3.8, 4) is 0 Å². The number of anilines is 1. The summed E-state index contributed by atoms with van der Waals surface area (Å²) >= 11 is 0. The summed E-state index contributed by atoms with van der Waals surface area (Å²) in [4.78, 5) is 13.4. The van der Waals surface area contributed by atoms with Crippen molar-refractivity contribution < 1.29 is 0 Å². The second kappa shape index (κ2) is 5.52. The third kappa shape index (κ3) is 2.46. The summed E-state index contributed by atoms with van der Waals surface area (Å²) in [5, 5.41) is 3.26. The minimum atomic E-state index is 0.706. The molecule has 3 aromatic rings. The molecule has 108 valence electrons. The maximum absolute atomic E-state index is 4.71. The molecule has 1 aromatic carbocycles. The van der Waals surface area contributed by atoms with Crippen LogP contribution >= 0.6 is 0 Å². The van der Waals surface area contributed by atoms with Gasteiger partial charge in [0.2, 0.25) is 0 Å². The van der Waals surface area contributed by atoms with E-state index in [-0.39, 0.29) is 0 Å². The van der Waals surface area contributed by atoms with Crippen LogP contribution in [0, 0.1) is 6.92 Å². The van der Waals surface area contributed by atoms with Crippen molar-refractivity contribution in [3.63, 3.8) is 0 Å². The molecule has 0 unspecified atom stereocenters. The number of hydrogen-bond donors (Lipinski definition) is 1. The van der Waals surface area contributed by atoms with Crippen LogP contribution in [0.1, 0.15) is 24.0 Å². The van der Waals surface area contributed by atoms with Crippen molar-refractivity contribution in [3.05, 3.63) is 47.7 Å². The maximum Gasteiger partial charge on any atom is 0.132 e. The Morgan fingerprint density at radius 1 is 1.19 bits per heavy atom. The Labute approximate surface area is 124 Å². The molecule has 0 aliphatic rings. The van der Waals surface area contributed by atoms with Crippen LogP contribution < -0.4 is 5.32 Å². The van der Waals surface area contributed by atoms with E-state index in [1.165, 1.54) is 0 Å². The van der Waals surface area contributed by atoms with Crippen molar-refractivity contribution in [1.82, 2.24) is 19.5 Å². The van der Waals surface area contributed by atoms with Gasteiger partial charge in [0.15, 0.2) is 0 Å². The standard InChI is InChI=1S/C16H19N5/c1-4-17-16-11(2)13(18-10-19-16)9-15-20-12-7-5-6-8-14(12)21(15)3/h5-8,10H,4,9H2,1-3H3,(H,17,18,19). The molecule has 0 saturated carbocycles. The highest BCUT2D eigenvalue weighted by Gasteiger charge is 2.12. The zero-order valence-electron chi connectivity index (χ0n) is 12.6. The van der Waals surface area contributed by atoms with Crippen molar-refractivity contribution in [1.29, 1.82) is 0 Å². The number of rotatable bonds is 4. The topological polar surface area (TPSA) is 55.6 Å². The number of aryl methyl sites for hydroxylation is 1. The molecule has 0 radical (unpaired) electrons. The van der Waals surface area contributed by atoms with E-state index in [0.29, 0.717) is 6.42 Å². The predicted molar refractivity (Wildman–Crippen MR) is 84.5 cm³/mol. The van der Waals surface area contributed by atoms with Crippen LogP contribution in [0.5, 0.6) is 0 Å². The lowest BCUT2D eigenvalue weighted by Gasteiger charge is -2.10. The normalized spacial score (nSPS) is 11.0. The molecule has 3 rings (SSSR count). The molecule has 0 atom stereocenters. The first-order chi connectivity index (χ1) is 10.2. The molecule has 21 heavy (non-hydrogen) atoms. The Hall–Kier alpha value is -2.43. The van der Waals surface area contributed by atoms with Crippen LogP contribution in [0.4, 0.5) is 5.82 Å². The number of nitrogens with one attached hydrogen (secondary N) is 1. The first kappa shape index (κ1) is 13.5. The summed E-state index contributed by atoms with van der Waals surface area (Å²) in [6.45, 7) is 4.96. The van der Waals surface area contributed by atoms with E-state index >= 15 is 0 Å². The number of nitrogens with zero attached hydrogens (tertiary/aromatic N) is 4. The van der Waals surface area contributed by atoms with E-state index < -0.39 is 0 Å². The zero-order valence-corrected chi connectivity index (χ0v) is 12.6. The smallest absolute Gasteiger partial charge is 0.132 e. The molecule has 0 saturated heterocycles. The van der Waals surface area contributed by atoms with Gasteiger partial charge in [0, 0.05) is 25.6 Å². The van der Waals surface area contributed by atoms with Crippen LogP contribution in [0.2, 0.25) is 0 Å². The average molecular weight is 281 g/mol. The fourth-order valence-corrected chi connectivity index (χ4v) is 2.51. The Balaban J connectivity index is 1.99. The molecule has 5 nitrogen and oxygen atoms in total. The number of hydrogen-bond acceptors (Lipinski definition) is 4. The highest BCUT2D eigenvalue weighted by molar-refractivity contribution is 5.75. The second-order valence-electron chi connectivity index (χ2n) is 5.08. The van der Waals surface area contributed by atoms with Crippen LogP contribution in [0.15, 0.2) is 30.6 Å². The second-order valence-corrected chi connectivity index (χ2v) is 5.08. The highest BCUT2D eigenvalue weighted by atomic mass is 15.1. The fraction of sp³-hybridized carbons (Fsp3) is 0.312. The molecule has 0 aliphatic heterocycles. The molecule has 2 aromatic heterocycles. The van der Waals surface area contributed by atoms with Crippen LogP contribution in [-0.2, 0) is 13.5 Å². The molecule has 0 spiro atoms. The molecule has 0 fully saturated rings. The van der Waals surface area contributed by atoms with Crippen LogP contribution in [0.25, 0.3) is 11.0 Å². The summed E-state index contributed by atoms with van der Waals surface area (Å²) in [7, 11) is 2.05. The van der Waals surface area contributed by atoms with Crippen molar-refractivity contribution in [2.45, 2.75) is 20.3 Å². The van der Waals surface area contributed by atoms with E-state index in [9.17, 15) is 0 Å². The number of imidazole rings is 1. The highest BCUT2D eigenvalue weighted by Crippen LogP contribution is 2.19. The van der Waals surface area contributed by atoms with Crippen molar-refractivity contribution in [2.24, 2.45) is 7.05 Å². The van der Waals surface area contributed by atoms with E-state index in [4.69, 9.17) is 4.98 Å². The SMILES string of the molecule is CCNc1ncnc(Cc2nc3ccccc3n2C)c1C. The molecule has 0 amide bonds. The molecule has 1 N–H and O–H groups in total. The minimum absolute atomic E-state index is 0.706. The fourth-order valence-electron chi connectivity index (χ4n) is 2.51. The lowest BCUT2D eigenvalue weighted by Crippen LogP contribution is -2.08. The van der Waals surface area contributed by atoms with E-state index in [1.54, 1.807) is 6.33 Å². The lowest BCUT2D eigenvalue weighted by molar-refractivity contribution is 0.824. The van der Waals surface area contributed by atoms with Crippen LogP contribution in [-0.4, -0.2) is 26.1 Å². The molecule has 0 aliphatic carbocycles. The molecular formula is C16H19N5. The summed E-state index contributed by atoms with van der Waals surface area (Å²) in [6.07, 6.45) is 2.32. The van der Waals surface area contributed by atoms with E-state index in [0.717, 1.165) is 40.5 Å². The number of para-hydroxylation sites is 2. The molecule has 0 bridgehead atoms. The first-order valence-corrected chi connectivity index (χ1v) is 7.15. The van der Waals surface area contributed by atoms with E-state index in [2.05, 4.69) is 39.8 Å². The summed E-state index contributed by atoms with van der Waals surface area (Å²) in [5.74, 6) is 1.92. The Morgan fingerprint density at radius 2 is 2.00 bits per heavy atom. The number of fused-ring (bicyclic) bond motifs is 1. The Bertz CT molecular complexity index is 775. The van der Waals surface area contributed by atoms with Crippen LogP contribution in [0.3, 0.4) is 0 Å². The van der Waals surface area contributed by atoms with Gasteiger partial charge in [-0.1, -0.05) is 12.1 Å². The van der Waals surface area contributed by atoms with Gasteiger partial charge in [-0.3, -0.25) is 0 Å². The number of benzene rings is 1. The average Bonchev–Trinajstić information content (AvgIpc) is 2.81. The summed E-state index contributed by atoms with van der Waals surface area (Å²) in [6, 6.07) is 8.17. The largest absolute Gasteiger partial charge is 0.370 e. The summed E-state index contributed by atoms with van der Waals surface area (Å²) < 4.78 is 2.13. The van der Waals surface area contributed by atoms with Gasteiger partial charge in [-0.25, -0.2) is 15.0 Å². The van der Waals surface area contributed by atoms with Gasteiger partial charge in [0.05, 0.1) is 16.7 Å². The van der Waals surface area contributed by atoms with Gasteiger partial charge in [-0.2, -0.15) is 0 Å². The molecular weight excluding hydrogens is 262 g/mol. The van der Waals surface area contributed by atoms with Gasteiger partial charge in [0.25, 0.3) is 0 Å². The van der Waals surface area contributed by atoms with Gasteiger partial charge >= 0.3 is 0 Å². The van der Waals surface area contributed by atoms with Gasteiger partial charge in [-0.05, 0) is 26.0 Å². The van der Waals surface area contributed by atoms with Gasteiger partial charge in [0.1, 0.15) is 18.0 Å². The third-order valence-electron chi connectivity index (χ3n) is 3.74. The van der Waals surface area contributed by atoms with Crippen molar-refractivity contribution >= 4 is 16.9 Å². The Morgan fingerprint density at radius 3 is 2.76 bits per heavy atom. The third-order valence-corrected chi connectivity index (χ3v) is 3.74. The monoisotopic (exact) mass is 281 g/mol. The predicted octanol–water partition coefficient (Wildman–Crippen LogP) is 2.69. The first-order valence-electron chi connectivity index (χ1n) is 7.15. The quantitative estimate of drug-likeness (QED) is 0.799. The molecule has 2 heterocycles. The molecule has 5 heteroatoms. The number of aromatic nitrogens is 4.